The van der Waals surface area contributed by atoms with Crippen molar-refractivity contribution in [1.82, 2.24) is 0 Å². The zero-order chi connectivity index (χ0) is 13.0. The third-order valence-corrected chi connectivity index (χ3v) is 3.64. The summed E-state index contributed by atoms with van der Waals surface area (Å²) in [6.07, 6.45) is 7.54. The summed E-state index contributed by atoms with van der Waals surface area (Å²) in [5.74, 6) is 0. The van der Waals surface area contributed by atoms with Gasteiger partial charge in [0.1, 0.15) is 0 Å². The van der Waals surface area contributed by atoms with Crippen LogP contribution in [0.5, 0.6) is 0 Å². The van der Waals surface area contributed by atoms with Crippen LogP contribution in [-0.4, -0.2) is 27.3 Å². The molecule has 1 aromatic carbocycles. The fourth-order valence-corrected chi connectivity index (χ4v) is 2.52. The molecule has 0 heterocycles. The molecular weight excluding hydrogens is 222 g/mol. The van der Waals surface area contributed by atoms with E-state index in [1.54, 1.807) is 0 Å². The van der Waals surface area contributed by atoms with E-state index in [1.165, 1.54) is 36.1 Å². The summed E-state index contributed by atoms with van der Waals surface area (Å²) in [5, 5.41) is 0. The van der Waals surface area contributed by atoms with E-state index in [0.717, 1.165) is 6.42 Å². The van der Waals surface area contributed by atoms with Crippen molar-refractivity contribution in [1.29, 1.82) is 0 Å². The normalized spacial score (nSPS) is 22.2. The highest BCUT2D eigenvalue weighted by Gasteiger charge is 2.17. The SMILES string of the molecule is COC1CCCC/C1=C\c1ccc(N(C)C)cc1. The molecule has 0 amide bonds. The van der Waals surface area contributed by atoms with Gasteiger partial charge in [-0.25, -0.2) is 0 Å². The minimum Gasteiger partial charge on any atom is -0.378 e. The van der Waals surface area contributed by atoms with Crippen LogP contribution in [0.25, 0.3) is 6.08 Å². The minimum absolute atomic E-state index is 0.326. The topological polar surface area (TPSA) is 12.5 Å². The smallest absolute Gasteiger partial charge is 0.0784 e. The summed E-state index contributed by atoms with van der Waals surface area (Å²) in [5.41, 5.74) is 3.96. The first kappa shape index (κ1) is 13.2. The number of methoxy groups -OCH3 is 1. The number of hydrogen-bond donors (Lipinski definition) is 0. The van der Waals surface area contributed by atoms with E-state index in [2.05, 4.69) is 49.3 Å². The fourth-order valence-electron chi connectivity index (χ4n) is 2.52. The maximum Gasteiger partial charge on any atom is 0.0784 e. The van der Waals surface area contributed by atoms with Gasteiger partial charge in [-0.3, -0.25) is 0 Å². The lowest BCUT2D eigenvalue weighted by molar-refractivity contribution is 0.110. The van der Waals surface area contributed by atoms with Crippen LogP contribution in [0.4, 0.5) is 5.69 Å². The molecule has 0 aromatic heterocycles. The summed E-state index contributed by atoms with van der Waals surface area (Å²) in [6, 6.07) is 8.70. The molecule has 1 aliphatic carbocycles. The molecule has 18 heavy (non-hydrogen) atoms. The Kier molecular flexibility index (Phi) is 4.43. The van der Waals surface area contributed by atoms with Crippen LogP contribution in [0.2, 0.25) is 0 Å². The molecule has 1 atom stereocenters. The predicted octanol–water partition coefficient (Wildman–Crippen LogP) is 3.73. The average Bonchev–Trinajstić information content (AvgIpc) is 2.40. The lowest BCUT2D eigenvalue weighted by Crippen LogP contribution is -2.17. The van der Waals surface area contributed by atoms with Crippen molar-refractivity contribution in [2.75, 3.05) is 26.1 Å². The van der Waals surface area contributed by atoms with Gasteiger partial charge in [0.25, 0.3) is 0 Å². The number of anilines is 1. The molecule has 98 valence electrons. The van der Waals surface area contributed by atoms with Gasteiger partial charge in [0, 0.05) is 26.9 Å². The second-order valence-electron chi connectivity index (χ2n) is 5.18. The lowest BCUT2D eigenvalue weighted by Gasteiger charge is -2.24. The van der Waals surface area contributed by atoms with Gasteiger partial charge < -0.3 is 9.64 Å². The molecule has 2 heteroatoms. The molecule has 0 spiro atoms. The van der Waals surface area contributed by atoms with E-state index in [9.17, 15) is 0 Å². The van der Waals surface area contributed by atoms with E-state index in [-0.39, 0.29) is 0 Å². The first-order valence-corrected chi connectivity index (χ1v) is 6.71. The van der Waals surface area contributed by atoms with Gasteiger partial charge in [-0.15, -0.1) is 0 Å². The highest BCUT2D eigenvalue weighted by atomic mass is 16.5. The number of benzene rings is 1. The maximum atomic E-state index is 5.56. The molecule has 1 fully saturated rings. The Morgan fingerprint density at radius 2 is 1.89 bits per heavy atom. The van der Waals surface area contributed by atoms with Crippen LogP contribution in [0, 0.1) is 0 Å². The van der Waals surface area contributed by atoms with Crippen molar-refractivity contribution in [3.8, 4) is 0 Å². The highest BCUT2D eigenvalue weighted by molar-refractivity contribution is 5.58. The van der Waals surface area contributed by atoms with Crippen molar-refractivity contribution < 1.29 is 4.74 Å². The molecular formula is C16H23NO. The first-order chi connectivity index (χ1) is 8.70. The maximum absolute atomic E-state index is 5.56. The fraction of sp³-hybridized carbons (Fsp3) is 0.500. The molecule has 2 nitrogen and oxygen atoms in total. The number of ether oxygens (including phenoxy) is 1. The largest absolute Gasteiger partial charge is 0.378 e. The Hall–Kier alpha value is -1.28. The van der Waals surface area contributed by atoms with Crippen molar-refractivity contribution >= 4 is 11.8 Å². The highest BCUT2D eigenvalue weighted by Crippen LogP contribution is 2.28. The van der Waals surface area contributed by atoms with Crippen molar-refractivity contribution in [3.63, 3.8) is 0 Å². The van der Waals surface area contributed by atoms with E-state index < -0.39 is 0 Å². The Bertz CT molecular complexity index is 406. The van der Waals surface area contributed by atoms with Crippen LogP contribution in [0.1, 0.15) is 31.2 Å². The van der Waals surface area contributed by atoms with Crippen LogP contribution < -0.4 is 4.90 Å². The van der Waals surface area contributed by atoms with Crippen molar-refractivity contribution in [2.45, 2.75) is 31.8 Å². The van der Waals surface area contributed by atoms with Crippen molar-refractivity contribution in [3.05, 3.63) is 35.4 Å². The van der Waals surface area contributed by atoms with Gasteiger partial charge in [0.2, 0.25) is 0 Å². The van der Waals surface area contributed by atoms with Crippen LogP contribution in [0.3, 0.4) is 0 Å². The summed E-state index contributed by atoms with van der Waals surface area (Å²) < 4.78 is 5.56. The molecule has 1 unspecified atom stereocenters. The molecule has 2 rings (SSSR count). The standard InChI is InChI=1S/C16H23NO/c1-17(2)15-10-8-13(9-11-15)12-14-6-4-5-7-16(14)18-3/h8-12,16H,4-7H2,1-3H3/b14-12+. The Balaban J connectivity index is 2.15. The Morgan fingerprint density at radius 3 is 2.50 bits per heavy atom. The second kappa shape index (κ2) is 6.05. The van der Waals surface area contributed by atoms with E-state index in [4.69, 9.17) is 4.74 Å². The zero-order valence-corrected chi connectivity index (χ0v) is 11.6. The zero-order valence-electron chi connectivity index (χ0n) is 11.6. The molecule has 0 N–H and O–H groups in total. The molecule has 1 aliphatic rings. The van der Waals surface area contributed by atoms with Crippen LogP contribution in [-0.2, 0) is 4.74 Å². The summed E-state index contributed by atoms with van der Waals surface area (Å²) in [7, 11) is 5.95. The van der Waals surface area contributed by atoms with Gasteiger partial charge in [-0.2, -0.15) is 0 Å². The van der Waals surface area contributed by atoms with E-state index in [1.807, 2.05) is 7.11 Å². The van der Waals surface area contributed by atoms with Gasteiger partial charge >= 0.3 is 0 Å². The third-order valence-electron chi connectivity index (χ3n) is 3.64. The average molecular weight is 245 g/mol. The quantitative estimate of drug-likeness (QED) is 0.804. The molecule has 0 saturated heterocycles. The molecule has 0 bridgehead atoms. The number of nitrogens with zero attached hydrogens (tertiary/aromatic N) is 1. The predicted molar refractivity (Wildman–Crippen MR) is 78.0 cm³/mol. The van der Waals surface area contributed by atoms with Crippen LogP contribution >= 0.6 is 0 Å². The summed E-state index contributed by atoms with van der Waals surface area (Å²) >= 11 is 0. The molecule has 0 aliphatic heterocycles. The van der Waals surface area contributed by atoms with Gasteiger partial charge in [0.15, 0.2) is 0 Å². The summed E-state index contributed by atoms with van der Waals surface area (Å²) in [6.45, 7) is 0. The third kappa shape index (κ3) is 3.14. The van der Waals surface area contributed by atoms with Gasteiger partial charge in [-0.1, -0.05) is 24.6 Å². The minimum atomic E-state index is 0.326. The van der Waals surface area contributed by atoms with E-state index in [0.29, 0.717) is 6.10 Å². The van der Waals surface area contributed by atoms with E-state index >= 15 is 0 Å². The Morgan fingerprint density at radius 1 is 1.17 bits per heavy atom. The monoisotopic (exact) mass is 245 g/mol. The van der Waals surface area contributed by atoms with Crippen LogP contribution in [0.15, 0.2) is 29.8 Å². The molecule has 0 radical (unpaired) electrons. The molecule has 1 saturated carbocycles. The van der Waals surface area contributed by atoms with Gasteiger partial charge in [0.05, 0.1) is 6.10 Å². The number of rotatable bonds is 3. The first-order valence-electron chi connectivity index (χ1n) is 6.71. The molecule has 1 aromatic rings. The number of hydrogen-bond acceptors (Lipinski definition) is 2. The second-order valence-corrected chi connectivity index (χ2v) is 5.18. The van der Waals surface area contributed by atoms with Crippen molar-refractivity contribution in [2.24, 2.45) is 0 Å². The lowest BCUT2D eigenvalue weighted by atomic mass is 9.90. The summed E-state index contributed by atoms with van der Waals surface area (Å²) in [4.78, 5) is 2.12. The van der Waals surface area contributed by atoms with Gasteiger partial charge in [-0.05, 0) is 42.5 Å². The Labute approximate surface area is 110 Å².